The Bertz CT molecular complexity index is 187. The molecule has 17 heavy (non-hydrogen) atoms. The van der Waals surface area contributed by atoms with Crippen molar-refractivity contribution in [2.75, 3.05) is 33.3 Å². The average Bonchev–Trinajstić information content (AvgIpc) is 2.38. The summed E-state index contributed by atoms with van der Waals surface area (Å²) in [5, 5.41) is 3.57. The number of likely N-dealkylation sites (tertiary alicyclic amines) is 1. The molecule has 102 valence electrons. The van der Waals surface area contributed by atoms with Crippen LogP contribution in [0, 0.1) is 0 Å². The molecule has 1 N–H and O–H groups in total. The van der Waals surface area contributed by atoms with Gasteiger partial charge in [0.25, 0.3) is 0 Å². The second kappa shape index (κ2) is 8.90. The van der Waals surface area contributed by atoms with Crippen LogP contribution in [0.15, 0.2) is 0 Å². The van der Waals surface area contributed by atoms with Crippen molar-refractivity contribution in [3.63, 3.8) is 0 Å². The molecule has 3 heteroatoms. The smallest absolute Gasteiger partial charge is 0.0698 e. The van der Waals surface area contributed by atoms with E-state index in [0.29, 0.717) is 12.1 Å². The zero-order valence-corrected chi connectivity index (χ0v) is 11.9. The number of hydrogen-bond acceptors (Lipinski definition) is 3. The first kappa shape index (κ1) is 14.9. The van der Waals surface area contributed by atoms with Gasteiger partial charge >= 0.3 is 0 Å². The van der Waals surface area contributed by atoms with Gasteiger partial charge in [0, 0.05) is 26.2 Å². The number of ether oxygens (including phenoxy) is 1. The van der Waals surface area contributed by atoms with Crippen LogP contribution < -0.4 is 5.32 Å². The fourth-order valence-electron chi connectivity index (χ4n) is 2.50. The minimum atomic E-state index is 0.450. The molecule has 0 bridgehead atoms. The van der Waals surface area contributed by atoms with Gasteiger partial charge in [0.15, 0.2) is 0 Å². The van der Waals surface area contributed by atoms with Crippen molar-refractivity contribution in [1.82, 2.24) is 10.2 Å². The predicted octanol–water partition coefficient (Wildman–Crippen LogP) is 2.27. The SMILES string of the molecule is CCCCCNCC(C)N1CCCC(OC)C1. The number of methoxy groups -OCH3 is 1. The van der Waals surface area contributed by atoms with Gasteiger partial charge in [-0.2, -0.15) is 0 Å². The van der Waals surface area contributed by atoms with Crippen molar-refractivity contribution in [2.24, 2.45) is 0 Å². The van der Waals surface area contributed by atoms with Crippen molar-refractivity contribution in [1.29, 1.82) is 0 Å². The second-order valence-corrected chi connectivity index (χ2v) is 5.26. The lowest BCUT2D eigenvalue weighted by atomic mass is 10.1. The molecule has 0 aromatic carbocycles. The molecule has 0 aromatic rings. The fourth-order valence-corrected chi connectivity index (χ4v) is 2.50. The molecule has 1 aliphatic rings. The third-order valence-electron chi connectivity index (χ3n) is 3.76. The highest BCUT2D eigenvalue weighted by Gasteiger charge is 2.22. The van der Waals surface area contributed by atoms with E-state index in [4.69, 9.17) is 4.74 Å². The standard InChI is InChI=1S/C14H30N2O/c1-4-5-6-9-15-11-13(2)16-10-7-8-14(12-16)17-3/h13-15H,4-12H2,1-3H3. The van der Waals surface area contributed by atoms with Crippen LogP contribution in [0.1, 0.15) is 46.0 Å². The molecule has 0 aromatic heterocycles. The molecule has 2 atom stereocenters. The van der Waals surface area contributed by atoms with Crippen molar-refractivity contribution in [3.8, 4) is 0 Å². The van der Waals surface area contributed by atoms with Crippen LogP contribution in [0.2, 0.25) is 0 Å². The van der Waals surface area contributed by atoms with Crippen molar-refractivity contribution >= 4 is 0 Å². The predicted molar refractivity (Wildman–Crippen MR) is 73.5 cm³/mol. The third kappa shape index (κ3) is 5.84. The summed E-state index contributed by atoms with van der Waals surface area (Å²) < 4.78 is 5.47. The lowest BCUT2D eigenvalue weighted by Gasteiger charge is -2.36. The first-order valence-electron chi connectivity index (χ1n) is 7.25. The molecule has 1 heterocycles. The third-order valence-corrected chi connectivity index (χ3v) is 3.76. The quantitative estimate of drug-likeness (QED) is 0.661. The summed E-state index contributed by atoms with van der Waals surface area (Å²) in [5.41, 5.74) is 0. The molecule has 0 radical (unpaired) electrons. The summed E-state index contributed by atoms with van der Waals surface area (Å²) in [6.45, 7) is 9.19. The van der Waals surface area contributed by atoms with E-state index in [1.54, 1.807) is 0 Å². The summed E-state index contributed by atoms with van der Waals surface area (Å²) in [6.07, 6.45) is 6.91. The topological polar surface area (TPSA) is 24.5 Å². The second-order valence-electron chi connectivity index (χ2n) is 5.26. The fraction of sp³-hybridized carbons (Fsp3) is 1.00. The lowest BCUT2D eigenvalue weighted by molar-refractivity contribution is 0.0176. The van der Waals surface area contributed by atoms with Crippen molar-refractivity contribution < 1.29 is 4.74 Å². The molecular weight excluding hydrogens is 212 g/mol. The molecule has 3 nitrogen and oxygen atoms in total. The highest BCUT2D eigenvalue weighted by molar-refractivity contribution is 4.78. The van der Waals surface area contributed by atoms with E-state index in [2.05, 4.69) is 24.1 Å². The average molecular weight is 242 g/mol. The van der Waals surface area contributed by atoms with Crippen molar-refractivity contribution in [3.05, 3.63) is 0 Å². The van der Waals surface area contributed by atoms with Crippen molar-refractivity contribution in [2.45, 2.75) is 58.1 Å². The van der Waals surface area contributed by atoms with Crippen LogP contribution >= 0.6 is 0 Å². The Morgan fingerprint density at radius 2 is 2.24 bits per heavy atom. The number of nitrogens with zero attached hydrogens (tertiary/aromatic N) is 1. The van der Waals surface area contributed by atoms with E-state index < -0.39 is 0 Å². The van der Waals surface area contributed by atoms with Gasteiger partial charge in [-0.25, -0.2) is 0 Å². The molecule has 1 fully saturated rings. The molecule has 0 amide bonds. The van der Waals surface area contributed by atoms with Crippen LogP contribution in [-0.4, -0.2) is 50.3 Å². The molecule has 1 saturated heterocycles. The van der Waals surface area contributed by atoms with Gasteiger partial charge in [-0.15, -0.1) is 0 Å². The lowest BCUT2D eigenvalue weighted by Crippen LogP contribution is -2.47. The highest BCUT2D eigenvalue weighted by Crippen LogP contribution is 2.14. The number of hydrogen-bond donors (Lipinski definition) is 1. The van der Waals surface area contributed by atoms with E-state index in [9.17, 15) is 0 Å². The van der Waals surface area contributed by atoms with E-state index in [-0.39, 0.29) is 0 Å². The maximum Gasteiger partial charge on any atom is 0.0698 e. The number of nitrogens with one attached hydrogen (secondary N) is 1. The van der Waals surface area contributed by atoms with E-state index in [1.807, 2.05) is 7.11 Å². The Hall–Kier alpha value is -0.120. The molecule has 1 rings (SSSR count). The summed E-state index contributed by atoms with van der Waals surface area (Å²) in [7, 11) is 1.84. The minimum Gasteiger partial charge on any atom is -0.380 e. The van der Waals surface area contributed by atoms with Crippen LogP contribution in [0.3, 0.4) is 0 Å². The normalized spacial score (nSPS) is 23.8. The largest absolute Gasteiger partial charge is 0.380 e. The Labute approximate surface area is 107 Å². The Morgan fingerprint density at radius 3 is 2.94 bits per heavy atom. The molecule has 0 saturated carbocycles. The number of piperidine rings is 1. The van der Waals surface area contributed by atoms with Gasteiger partial charge in [0.05, 0.1) is 6.10 Å². The van der Waals surface area contributed by atoms with Crippen LogP contribution in [0.4, 0.5) is 0 Å². The van der Waals surface area contributed by atoms with E-state index >= 15 is 0 Å². The first-order chi connectivity index (χ1) is 8.27. The molecule has 0 aliphatic carbocycles. The molecule has 2 unspecified atom stereocenters. The minimum absolute atomic E-state index is 0.450. The van der Waals surface area contributed by atoms with Gasteiger partial charge in [-0.05, 0) is 39.3 Å². The number of unbranched alkanes of at least 4 members (excludes halogenated alkanes) is 2. The molecular formula is C14H30N2O. The van der Waals surface area contributed by atoms with Gasteiger partial charge in [0.1, 0.15) is 0 Å². The van der Waals surface area contributed by atoms with E-state index in [0.717, 1.165) is 13.1 Å². The maximum atomic E-state index is 5.47. The van der Waals surface area contributed by atoms with E-state index in [1.165, 1.54) is 45.2 Å². The first-order valence-corrected chi connectivity index (χ1v) is 7.25. The highest BCUT2D eigenvalue weighted by atomic mass is 16.5. The van der Waals surface area contributed by atoms with Gasteiger partial charge in [-0.1, -0.05) is 19.8 Å². The monoisotopic (exact) mass is 242 g/mol. The Kier molecular flexibility index (Phi) is 7.82. The van der Waals surface area contributed by atoms with Crippen LogP contribution in [0.25, 0.3) is 0 Å². The zero-order chi connectivity index (χ0) is 12.5. The Balaban J connectivity index is 2.11. The zero-order valence-electron chi connectivity index (χ0n) is 11.9. The number of rotatable bonds is 8. The Morgan fingerprint density at radius 1 is 1.41 bits per heavy atom. The van der Waals surface area contributed by atoms with Crippen LogP contribution in [0.5, 0.6) is 0 Å². The summed E-state index contributed by atoms with van der Waals surface area (Å²) in [4.78, 5) is 2.56. The maximum absolute atomic E-state index is 5.47. The van der Waals surface area contributed by atoms with Gasteiger partial charge in [-0.3, -0.25) is 4.90 Å². The molecule has 1 aliphatic heterocycles. The van der Waals surface area contributed by atoms with Crippen LogP contribution in [-0.2, 0) is 4.74 Å². The summed E-state index contributed by atoms with van der Waals surface area (Å²) in [6, 6.07) is 0.634. The van der Waals surface area contributed by atoms with Gasteiger partial charge in [0.2, 0.25) is 0 Å². The summed E-state index contributed by atoms with van der Waals surface area (Å²) >= 11 is 0. The summed E-state index contributed by atoms with van der Waals surface area (Å²) in [5.74, 6) is 0. The molecule has 0 spiro atoms. The van der Waals surface area contributed by atoms with Gasteiger partial charge < -0.3 is 10.1 Å².